The van der Waals surface area contributed by atoms with Crippen molar-refractivity contribution in [2.45, 2.75) is 38.2 Å². The van der Waals surface area contributed by atoms with Crippen molar-refractivity contribution in [3.8, 4) is 0 Å². The lowest BCUT2D eigenvalue weighted by molar-refractivity contribution is 0.0948. The average molecular weight is 468 g/mol. The quantitative estimate of drug-likeness (QED) is 0.472. The van der Waals surface area contributed by atoms with Gasteiger partial charge in [-0.05, 0) is 31.9 Å². The van der Waals surface area contributed by atoms with Crippen LogP contribution in [0, 0.1) is 6.92 Å². The molecule has 2 aromatic heterocycles. The van der Waals surface area contributed by atoms with Crippen molar-refractivity contribution in [1.82, 2.24) is 20.2 Å². The van der Waals surface area contributed by atoms with Crippen LogP contribution in [0.5, 0.6) is 0 Å². The number of hydrogen-bond donors (Lipinski definition) is 3. The van der Waals surface area contributed by atoms with Gasteiger partial charge in [-0.2, -0.15) is 10.1 Å². The molecule has 5 rings (SSSR count). The Bertz CT molecular complexity index is 1090. The van der Waals surface area contributed by atoms with Gasteiger partial charge in [0.15, 0.2) is 5.82 Å². The van der Waals surface area contributed by atoms with Crippen LogP contribution in [0.4, 0.5) is 17.6 Å². The summed E-state index contributed by atoms with van der Waals surface area (Å²) in [5.41, 5.74) is 4.06. The maximum atomic E-state index is 5.59. The molecule has 3 heterocycles. The van der Waals surface area contributed by atoms with E-state index in [1.165, 1.54) is 18.5 Å². The highest BCUT2D eigenvalue weighted by atomic mass is 79.9. The fraction of sp³-hybridized carbons (Fsp3) is 0.333. The molecule has 1 aromatic carbocycles. The van der Waals surface area contributed by atoms with Gasteiger partial charge < -0.3 is 15.5 Å². The van der Waals surface area contributed by atoms with Crippen LogP contribution in [-0.2, 0) is 4.84 Å². The van der Waals surface area contributed by atoms with Crippen LogP contribution in [0.2, 0.25) is 0 Å². The van der Waals surface area contributed by atoms with Crippen LogP contribution in [0.15, 0.2) is 46.0 Å². The number of nitrogens with zero attached hydrogens (tertiary/aromatic N) is 4. The average Bonchev–Trinajstić information content (AvgIpc) is 3.28. The van der Waals surface area contributed by atoms with E-state index in [1.54, 1.807) is 0 Å². The monoisotopic (exact) mass is 467 g/mol. The van der Waals surface area contributed by atoms with Crippen LogP contribution in [0.25, 0.3) is 0 Å². The van der Waals surface area contributed by atoms with E-state index in [1.807, 2.05) is 37.3 Å². The number of benzene rings is 1. The molecule has 1 aliphatic carbocycles. The van der Waals surface area contributed by atoms with Gasteiger partial charge in [0, 0.05) is 45.9 Å². The van der Waals surface area contributed by atoms with Crippen molar-refractivity contribution in [3.63, 3.8) is 0 Å². The fourth-order valence-corrected chi connectivity index (χ4v) is 3.83. The molecule has 0 radical (unpaired) electrons. The molecule has 3 N–H and O–H groups in total. The van der Waals surface area contributed by atoms with Crippen molar-refractivity contribution < 1.29 is 4.84 Å². The molecule has 30 heavy (non-hydrogen) atoms. The van der Waals surface area contributed by atoms with Gasteiger partial charge in [0.25, 0.3) is 0 Å². The number of halogens is 1. The molecule has 0 amide bonds. The van der Waals surface area contributed by atoms with E-state index in [4.69, 9.17) is 4.84 Å². The van der Waals surface area contributed by atoms with E-state index in [0.29, 0.717) is 24.2 Å². The second-order valence-electron chi connectivity index (χ2n) is 7.69. The molecule has 0 spiro atoms. The number of oxime groups is 1. The number of nitrogens with one attached hydrogen (secondary N) is 3. The molecule has 1 atom stereocenters. The summed E-state index contributed by atoms with van der Waals surface area (Å²) in [6, 6.07) is 12.0. The number of hydrogen-bond acceptors (Lipinski definition) is 7. The molecule has 1 fully saturated rings. The van der Waals surface area contributed by atoms with Crippen molar-refractivity contribution in [2.24, 2.45) is 5.16 Å². The number of aryl methyl sites for hydroxylation is 1. The first kappa shape index (κ1) is 19.0. The minimum absolute atomic E-state index is 0.0630. The molecule has 1 aliphatic heterocycles. The molecule has 3 aromatic rings. The third kappa shape index (κ3) is 4.46. The standard InChI is InChI=1S/C21H22BrN7O/c1-12-7-19(25-20-10-17(27-28-20)13-5-6-13)26-21(24-12)23-11-16-9-18(29-30-16)14-3-2-4-15(22)8-14/h2-4,7-8,10,13,16H,5-6,9,11H2,1H3,(H3,23,24,25,26,27,28). The molecule has 154 valence electrons. The maximum absolute atomic E-state index is 5.59. The second kappa shape index (κ2) is 8.06. The van der Waals surface area contributed by atoms with Gasteiger partial charge in [-0.3, -0.25) is 5.10 Å². The van der Waals surface area contributed by atoms with Crippen LogP contribution >= 0.6 is 15.9 Å². The summed E-state index contributed by atoms with van der Waals surface area (Å²) in [5.74, 6) is 2.66. The van der Waals surface area contributed by atoms with Crippen molar-refractivity contribution in [1.29, 1.82) is 0 Å². The first-order valence-corrected chi connectivity index (χ1v) is 10.8. The summed E-state index contributed by atoms with van der Waals surface area (Å²) in [6.07, 6.45) is 3.14. The Morgan fingerprint density at radius 3 is 2.90 bits per heavy atom. The van der Waals surface area contributed by atoms with Gasteiger partial charge in [-0.15, -0.1) is 0 Å². The second-order valence-corrected chi connectivity index (χ2v) is 8.60. The predicted octanol–water partition coefficient (Wildman–Crippen LogP) is 4.50. The minimum Gasteiger partial charge on any atom is -0.390 e. The Kier molecular flexibility index (Phi) is 5.12. The smallest absolute Gasteiger partial charge is 0.224 e. The van der Waals surface area contributed by atoms with Crippen LogP contribution in [-0.4, -0.2) is 38.5 Å². The maximum Gasteiger partial charge on any atom is 0.224 e. The zero-order chi connectivity index (χ0) is 20.5. The number of aromatic amines is 1. The number of H-pyrrole nitrogens is 1. The van der Waals surface area contributed by atoms with E-state index >= 15 is 0 Å². The molecule has 0 bridgehead atoms. The molecule has 9 heteroatoms. The largest absolute Gasteiger partial charge is 0.390 e. The highest BCUT2D eigenvalue weighted by Gasteiger charge is 2.25. The lowest BCUT2D eigenvalue weighted by Crippen LogP contribution is -2.21. The highest BCUT2D eigenvalue weighted by molar-refractivity contribution is 9.10. The zero-order valence-electron chi connectivity index (χ0n) is 16.5. The van der Waals surface area contributed by atoms with E-state index in [2.05, 4.69) is 58.0 Å². The van der Waals surface area contributed by atoms with Gasteiger partial charge in [0.05, 0.1) is 12.3 Å². The number of anilines is 3. The number of aromatic nitrogens is 4. The van der Waals surface area contributed by atoms with Crippen molar-refractivity contribution >= 4 is 39.2 Å². The Morgan fingerprint density at radius 1 is 1.17 bits per heavy atom. The zero-order valence-corrected chi connectivity index (χ0v) is 18.1. The highest BCUT2D eigenvalue weighted by Crippen LogP contribution is 2.39. The topological polar surface area (TPSA) is 100 Å². The van der Waals surface area contributed by atoms with E-state index in [9.17, 15) is 0 Å². The van der Waals surface area contributed by atoms with E-state index < -0.39 is 0 Å². The van der Waals surface area contributed by atoms with Crippen LogP contribution in [0.1, 0.15) is 42.1 Å². The fourth-order valence-electron chi connectivity index (χ4n) is 3.43. The summed E-state index contributed by atoms with van der Waals surface area (Å²) in [6.45, 7) is 2.51. The van der Waals surface area contributed by atoms with Gasteiger partial charge in [0.1, 0.15) is 11.9 Å². The third-order valence-electron chi connectivity index (χ3n) is 5.10. The predicted molar refractivity (Wildman–Crippen MR) is 119 cm³/mol. The summed E-state index contributed by atoms with van der Waals surface area (Å²) >= 11 is 3.50. The van der Waals surface area contributed by atoms with Gasteiger partial charge >= 0.3 is 0 Å². The van der Waals surface area contributed by atoms with Crippen molar-refractivity contribution in [2.75, 3.05) is 17.2 Å². The normalized spacial score (nSPS) is 18.1. The summed E-state index contributed by atoms with van der Waals surface area (Å²) in [5, 5.41) is 18.2. The Labute approximate surface area is 182 Å². The summed E-state index contributed by atoms with van der Waals surface area (Å²) < 4.78 is 1.03. The Hall–Kier alpha value is -2.94. The Morgan fingerprint density at radius 2 is 2.07 bits per heavy atom. The molecular formula is C21H22BrN7O. The molecular weight excluding hydrogens is 446 g/mol. The molecule has 0 saturated heterocycles. The van der Waals surface area contributed by atoms with Gasteiger partial charge in [-0.1, -0.05) is 33.2 Å². The van der Waals surface area contributed by atoms with E-state index in [-0.39, 0.29) is 6.10 Å². The van der Waals surface area contributed by atoms with Crippen LogP contribution < -0.4 is 10.6 Å². The van der Waals surface area contributed by atoms with Crippen LogP contribution in [0.3, 0.4) is 0 Å². The summed E-state index contributed by atoms with van der Waals surface area (Å²) in [4.78, 5) is 14.6. The minimum atomic E-state index is -0.0630. The molecule has 8 nitrogen and oxygen atoms in total. The first-order valence-electron chi connectivity index (χ1n) is 10.0. The molecule has 1 saturated carbocycles. The summed E-state index contributed by atoms with van der Waals surface area (Å²) in [7, 11) is 0. The molecule has 1 unspecified atom stereocenters. The van der Waals surface area contributed by atoms with Crippen molar-refractivity contribution in [3.05, 3.63) is 57.8 Å². The number of rotatable bonds is 7. The lowest BCUT2D eigenvalue weighted by atomic mass is 10.1. The third-order valence-corrected chi connectivity index (χ3v) is 5.60. The SMILES string of the molecule is Cc1cc(Nc2cc(C3CC3)[nH]n2)nc(NCC2CC(c3cccc(Br)c3)=NO2)n1. The van der Waals surface area contributed by atoms with Gasteiger partial charge in [0.2, 0.25) is 5.95 Å². The van der Waals surface area contributed by atoms with Gasteiger partial charge in [-0.25, -0.2) is 4.98 Å². The van der Waals surface area contributed by atoms with E-state index in [0.717, 1.165) is 33.7 Å². The lowest BCUT2D eigenvalue weighted by Gasteiger charge is -2.11. The first-order chi connectivity index (χ1) is 14.6. The Balaban J connectivity index is 1.19. The molecule has 2 aliphatic rings.